The van der Waals surface area contributed by atoms with Crippen molar-refractivity contribution < 1.29 is 9.47 Å². The first-order valence-corrected chi connectivity index (χ1v) is 5.15. The van der Waals surface area contributed by atoms with Gasteiger partial charge in [0.05, 0.1) is 12.3 Å². The maximum Gasteiger partial charge on any atom is 0.124 e. The van der Waals surface area contributed by atoms with Crippen LogP contribution in [-0.4, -0.2) is 49.7 Å². The lowest BCUT2D eigenvalue weighted by molar-refractivity contribution is -0.0442. The Morgan fingerprint density at radius 1 is 1.40 bits per heavy atom. The number of rotatable bonds is 3. The van der Waals surface area contributed by atoms with Crippen LogP contribution in [0.3, 0.4) is 0 Å². The maximum absolute atomic E-state index is 5.42. The summed E-state index contributed by atoms with van der Waals surface area (Å²) in [5.74, 6) is 1.05. The van der Waals surface area contributed by atoms with E-state index in [0.29, 0.717) is 0 Å². The molecule has 5 nitrogen and oxygen atoms in total. The predicted molar refractivity (Wildman–Crippen MR) is 57.0 cm³/mol. The van der Waals surface area contributed by atoms with Crippen LogP contribution in [0.15, 0.2) is 12.3 Å². The van der Waals surface area contributed by atoms with Gasteiger partial charge in [-0.05, 0) is 6.42 Å². The summed E-state index contributed by atoms with van der Waals surface area (Å²) in [7, 11) is 3.47. The lowest BCUT2D eigenvalue weighted by Crippen LogP contribution is -2.48. The number of anilines is 1. The Morgan fingerprint density at radius 3 is 2.80 bits per heavy atom. The third-order valence-electron chi connectivity index (χ3n) is 2.93. The van der Waals surface area contributed by atoms with Crippen LogP contribution in [0.5, 0.6) is 0 Å². The molecule has 1 fully saturated rings. The summed E-state index contributed by atoms with van der Waals surface area (Å²) in [6.45, 7) is 1.82. The number of hydrogen-bond donors (Lipinski definition) is 1. The molecule has 2 rings (SSSR count). The molecular weight excluding hydrogens is 194 g/mol. The average molecular weight is 211 g/mol. The zero-order chi connectivity index (χ0) is 10.7. The van der Waals surface area contributed by atoms with E-state index in [4.69, 9.17) is 9.47 Å². The second-order valence-electron chi connectivity index (χ2n) is 3.72. The van der Waals surface area contributed by atoms with Crippen molar-refractivity contribution in [3.63, 3.8) is 0 Å². The highest BCUT2D eigenvalue weighted by molar-refractivity contribution is 5.37. The zero-order valence-electron chi connectivity index (χ0n) is 9.14. The third-order valence-corrected chi connectivity index (χ3v) is 2.93. The molecule has 0 amide bonds. The molecule has 0 bridgehead atoms. The number of ether oxygens (including phenoxy) is 2. The topological polar surface area (TPSA) is 50.4 Å². The molecule has 2 atom stereocenters. The van der Waals surface area contributed by atoms with Crippen LogP contribution in [0, 0.1) is 0 Å². The number of aromatic nitrogens is 2. The molecule has 1 aromatic rings. The van der Waals surface area contributed by atoms with Crippen molar-refractivity contribution in [2.45, 2.75) is 18.6 Å². The van der Waals surface area contributed by atoms with Crippen LogP contribution in [0.1, 0.15) is 6.42 Å². The summed E-state index contributed by atoms with van der Waals surface area (Å²) in [4.78, 5) is 2.23. The SMILES string of the molecule is COC1CCN(c2ccn[nH]2)CC1OC. The molecule has 84 valence electrons. The van der Waals surface area contributed by atoms with Gasteiger partial charge in [0.25, 0.3) is 0 Å². The van der Waals surface area contributed by atoms with Crippen molar-refractivity contribution in [3.8, 4) is 0 Å². The lowest BCUT2D eigenvalue weighted by Gasteiger charge is -2.37. The molecule has 1 saturated heterocycles. The number of methoxy groups -OCH3 is 2. The molecule has 2 unspecified atom stereocenters. The highest BCUT2D eigenvalue weighted by Crippen LogP contribution is 2.20. The van der Waals surface area contributed by atoms with E-state index in [9.17, 15) is 0 Å². The van der Waals surface area contributed by atoms with Gasteiger partial charge in [-0.2, -0.15) is 5.10 Å². The van der Waals surface area contributed by atoms with E-state index in [-0.39, 0.29) is 12.2 Å². The second-order valence-corrected chi connectivity index (χ2v) is 3.72. The molecular formula is C10H17N3O2. The first-order valence-electron chi connectivity index (χ1n) is 5.15. The van der Waals surface area contributed by atoms with Gasteiger partial charge >= 0.3 is 0 Å². The van der Waals surface area contributed by atoms with Crippen molar-refractivity contribution in [2.24, 2.45) is 0 Å². The maximum atomic E-state index is 5.42. The van der Waals surface area contributed by atoms with Gasteiger partial charge in [0.1, 0.15) is 11.9 Å². The minimum Gasteiger partial charge on any atom is -0.379 e. The molecule has 1 aliphatic heterocycles. The van der Waals surface area contributed by atoms with E-state index in [1.54, 1.807) is 20.4 Å². The monoisotopic (exact) mass is 211 g/mol. The van der Waals surface area contributed by atoms with Crippen molar-refractivity contribution in [2.75, 3.05) is 32.2 Å². The number of nitrogens with zero attached hydrogens (tertiary/aromatic N) is 2. The molecule has 1 N–H and O–H groups in total. The first kappa shape index (κ1) is 10.4. The smallest absolute Gasteiger partial charge is 0.124 e. The van der Waals surface area contributed by atoms with Crippen LogP contribution in [0.2, 0.25) is 0 Å². The normalized spacial score (nSPS) is 26.9. The van der Waals surface area contributed by atoms with Gasteiger partial charge in [0.2, 0.25) is 0 Å². The van der Waals surface area contributed by atoms with Crippen LogP contribution in [0.25, 0.3) is 0 Å². The van der Waals surface area contributed by atoms with E-state index >= 15 is 0 Å². The number of hydrogen-bond acceptors (Lipinski definition) is 4. The molecule has 5 heteroatoms. The van der Waals surface area contributed by atoms with Gasteiger partial charge in [0, 0.05) is 33.4 Å². The van der Waals surface area contributed by atoms with E-state index in [1.807, 2.05) is 6.07 Å². The standard InChI is InChI=1S/C10H17N3O2/c1-14-8-4-6-13(7-9(8)15-2)10-3-5-11-12-10/h3,5,8-9H,4,6-7H2,1-2H3,(H,11,12). The average Bonchev–Trinajstić information content (AvgIpc) is 2.81. The Hall–Kier alpha value is -1.07. The van der Waals surface area contributed by atoms with Crippen molar-refractivity contribution >= 4 is 5.82 Å². The number of aromatic amines is 1. The van der Waals surface area contributed by atoms with Gasteiger partial charge in [-0.1, -0.05) is 0 Å². The van der Waals surface area contributed by atoms with Crippen molar-refractivity contribution in [3.05, 3.63) is 12.3 Å². The highest BCUT2D eigenvalue weighted by atomic mass is 16.5. The van der Waals surface area contributed by atoms with E-state index in [2.05, 4.69) is 15.1 Å². The summed E-state index contributed by atoms with van der Waals surface area (Å²) in [6, 6.07) is 1.97. The van der Waals surface area contributed by atoms with Gasteiger partial charge < -0.3 is 14.4 Å². The molecule has 0 saturated carbocycles. The highest BCUT2D eigenvalue weighted by Gasteiger charge is 2.29. The Labute approximate surface area is 89.4 Å². The Balaban J connectivity index is 2.01. The van der Waals surface area contributed by atoms with Crippen molar-refractivity contribution in [1.82, 2.24) is 10.2 Å². The number of nitrogens with one attached hydrogen (secondary N) is 1. The molecule has 2 heterocycles. The van der Waals surface area contributed by atoms with E-state index in [1.165, 1.54) is 0 Å². The van der Waals surface area contributed by atoms with Gasteiger partial charge in [-0.25, -0.2) is 0 Å². The third kappa shape index (κ3) is 2.13. The minimum absolute atomic E-state index is 0.132. The number of H-pyrrole nitrogens is 1. The Kier molecular flexibility index (Phi) is 3.23. The quantitative estimate of drug-likeness (QED) is 0.797. The summed E-state index contributed by atoms with van der Waals surface area (Å²) >= 11 is 0. The van der Waals surface area contributed by atoms with Crippen LogP contribution in [-0.2, 0) is 9.47 Å². The molecule has 0 aromatic carbocycles. The van der Waals surface area contributed by atoms with Crippen molar-refractivity contribution in [1.29, 1.82) is 0 Å². The molecule has 0 aliphatic carbocycles. The molecule has 0 spiro atoms. The van der Waals surface area contributed by atoms with E-state index < -0.39 is 0 Å². The Morgan fingerprint density at radius 2 is 2.20 bits per heavy atom. The molecule has 0 radical (unpaired) electrons. The lowest BCUT2D eigenvalue weighted by atomic mass is 10.0. The molecule has 1 aromatic heterocycles. The van der Waals surface area contributed by atoms with Crippen LogP contribution >= 0.6 is 0 Å². The minimum atomic E-state index is 0.132. The fraction of sp³-hybridized carbons (Fsp3) is 0.700. The first-order chi connectivity index (χ1) is 7.35. The summed E-state index contributed by atoms with van der Waals surface area (Å²) in [5, 5.41) is 6.91. The summed E-state index contributed by atoms with van der Waals surface area (Å²) in [5.41, 5.74) is 0. The molecule has 1 aliphatic rings. The van der Waals surface area contributed by atoms with Gasteiger partial charge in [-0.15, -0.1) is 0 Å². The van der Waals surface area contributed by atoms with Gasteiger partial charge in [-0.3, -0.25) is 5.10 Å². The van der Waals surface area contributed by atoms with E-state index in [0.717, 1.165) is 25.3 Å². The fourth-order valence-electron chi connectivity index (χ4n) is 2.03. The fourth-order valence-corrected chi connectivity index (χ4v) is 2.03. The Bertz CT molecular complexity index is 289. The summed E-state index contributed by atoms with van der Waals surface area (Å²) < 4.78 is 10.8. The summed E-state index contributed by atoms with van der Waals surface area (Å²) in [6.07, 6.45) is 3.08. The van der Waals surface area contributed by atoms with Crippen LogP contribution < -0.4 is 4.90 Å². The zero-order valence-corrected chi connectivity index (χ0v) is 9.14. The molecule has 15 heavy (non-hydrogen) atoms. The number of piperidine rings is 1. The largest absolute Gasteiger partial charge is 0.379 e. The second kappa shape index (κ2) is 4.63. The predicted octanol–water partition coefficient (Wildman–Crippen LogP) is 0.650. The van der Waals surface area contributed by atoms with Gasteiger partial charge in [0.15, 0.2) is 0 Å². The van der Waals surface area contributed by atoms with Crippen LogP contribution in [0.4, 0.5) is 5.82 Å².